The number of anilines is 2. The second-order valence-corrected chi connectivity index (χ2v) is 5.53. The van der Waals surface area contributed by atoms with Crippen molar-refractivity contribution in [1.29, 1.82) is 0 Å². The maximum Gasteiger partial charge on any atom is 0.245 e. The van der Waals surface area contributed by atoms with Gasteiger partial charge in [-0.05, 0) is 25.8 Å². The molecule has 1 amide bonds. The van der Waals surface area contributed by atoms with E-state index < -0.39 is 0 Å². The number of morpholine rings is 1. The van der Waals surface area contributed by atoms with Crippen LogP contribution in [0.1, 0.15) is 19.8 Å². The molecule has 1 unspecified atom stereocenters. The van der Waals surface area contributed by atoms with Crippen LogP contribution in [0.15, 0.2) is 18.5 Å². The summed E-state index contributed by atoms with van der Waals surface area (Å²) in [5, 5.41) is 6.32. The highest BCUT2D eigenvalue weighted by atomic mass is 16.5. The largest absolute Gasteiger partial charge is 0.384 e. The van der Waals surface area contributed by atoms with Crippen LogP contribution in [0.4, 0.5) is 11.4 Å². The fourth-order valence-corrected chi connectivity index (χ4v) is 2.54. The molecule has 1 aliphatic heterocycles. The molecule has 1 aliphatic carbocycles. The van der Waals surface area contributed by atoms with Gasteiger partial charge < -0.3 is 20.3 Å². The zero-order valence-corrected chi connectivity index (χ0v) is 12.3. The van der Waals surface area contributed by atoms with E-state index in [1.54, 1.807) is 6.20 Å². The van der Waals surface area contributed by atoms with Gasteiger partial charge in [0.25, 0.3) is 0 Å². The lowest BCUT2D eigenvalue weighted by molar-refractivity contribution is -0.124. The predicted octanol–water partition coefficient (Wildman–Crippen LogP) is 0.997. The summed E-state index contributed by atoms with van der Waals surface area (Å²) in [6.07, 6.45) is 5.80. The highest BCUT2D eigenvalue weighted by molar-refractivity contribution is 5.86. The molecule has 0 bridgehead atoms. The van der Waals surface area contributed by atoms with E-state index in [1.165, 1.54) is 0 Å². The van der Waals surface area contributed by atoms with E-state index in [4.69, 9.17) is 4.74 Å². The molecule has 2 fully saturated rings. The lowest BCUT2D eigenvalue weighted by Gasteiger charge is -2.36. The number of ether oxygens (including phenoxy) is 1. The van der Waals surface area contributed by atoms with Crippen molar-refractivity contribution in [3.05, 3.63) is 18.5 Å². The lowest BCUT2D eigenvalue weighted by atomic mass is 10.2. The van der Waals surface area contributed by atoms with Gasteiger partial charge in [0.05, 0.1) is 37.0 Å². The maximum atomic E-state index is 12.4. The number of hydrogen-bond donors (Lipinski definition) is 2. The fourth-order valence-electron chi connectivity index (χ4n) is 2.54. The summed E-state index contributed by atoms with van der Waals surface area (Å²) >= 11 is 0. The number of amides is 1. The minimum absolute atomic E-state index is 0.0612. The minimum Gasteiger partial charge on any atom is -0.384 e. The smallest absolute Gasteiger partial charge is 0.245 e. The summed E-state index contributed by atoms with van der Waals surface area (Å²) in [6, 6.07) is 2.14. The van der Waals surface area contributed by atoms with Gasteiger partial charge in [-0.3, -0.25) is 9.78 Å². The second kappa shape index (κ2) is 6.30. The Morgan fingerprint density at radius 3 is 3.10 bits per heavy atom. The first-order valence-corrected chi connectivity index (χ1v) is 7.61. The van der Waals surface area contributed by atoms with Crippen LogP contribution in [0.2, 0.25) is 0 Å². The molecular formula is C15H22N4O2. The number of hydrogen-bond acceptors (Lipinski definition) is 5. The van der Waals surface area contributed by atoms with Crippen molar-refractivity contribution in [3.8, 4) is 0 Å². The first kappa shape index (κ1) is 14.1. The average Bonchev–Trinajstić information content (AvgIpc) is 3.32. The van der Waals surface area contributed by atoms with E-state index >= 15 is 0 Å². The zero-order chi connectivity index (χ0) is 14.7. The van der Waals surface area contributed by atoms with Gasteiger partial charge >= 0.3 is 0 Å². The Bertz CT molecular complexity index is 504. The Labute approximate surface area is 124 Å². The third-order valence-electron chi connectivity index (χ3n) is 3.79. The van der Waals surface area contributed by atoms with Crippen LogP contribution in [0.25, 0.3) is 0 Å². The van der Waals surface area contributed by atoms with Crippen LogP contribution in [0.3, 0.4) is 0 Å². The summed E-state index contributed by atoms with van der Waals surface area (Å²) < 4.78 is 5.50. The van der Waals surface area contributed by atoms with E-state index in [9.17, 15) is 4.79 Å². The van der Waals surface area contributed by atoms with Gasteiger partial charge in [0, 0.05) is 19.1 Å². The van der Waals surface area contributed by atoms with Gasteiger partial charge in [0.1, 0.15) is 6.04 Å². The Morgan fingerprint density at radius 1 is 1.48 bits per heavy atom. The van der Waals surface area contributed by atoms with Crippen LogP contribution in [-0.2, 0) is 9.53 Å². The second-order valence-electron chi connectivity index (χ2n) is 5.53. The molecule has 0 spiro atoms. The van der Waals surface area contributed by atoms with Gasteiger partial charge in [0.2, 0.25) is 5.91 Å². The average molecular weight is 290 g/mol. The van der Waals surface area contributed by atoms with Crippen LogP contribution in [0.5, 0.6) is 0 Å². The molecule has 114 valence electrons. The highest BCUT2D eigenvalue weighted by Crippen LogP contribution is 2.24. The Kier molecular flexibility index (Phi) is 4.24. The van der Waals surface area contributed by atoms with Crippen LogP contribution < -0.4 is 15.5 Å². The summed E-state index contributed by atoms with van der Waals surface area (Å²) in [6.45, 7) is 4.68. The van der Waals surface area contributed by atoms with E-state index in [0.29, 0.717) is 25.8 Å². The minimum atomic E-state index is -0.266. The molecule has 1 aromatic heterocycles. The lowest BCUT2D eigenvalue weighted by Crippen LogP contribution is -2.54. The Morgan fingerprint density at radius 2 is 2.33 bits per heavy atom. The van der Waals surface area contributed by atoms with Crippen molar-refractivity contribution in [3.63, 3.8) is 0 Å². The number of nitrogens with zero attached hydrogens (tertiary/aromatic N) is 2. The summed E-state index contributed by atoms with van der Waals surface area (Å²) in [5.74, 6) is 0.0612. The molecular weight excluding hydrogens is 268 g/mol. The van der Waals surface area contributed by atoms with Crippen molar-refractivity contribution in [1.82, 2.24) is 10.3 Å². The molecule has 3 rings (SSSR count). The Hall–Kier alpha value is -1.82. The standard InChI is InChI=1S/C15H22N4O2/c1-2-17-12-7-13(9-16-8-12)19-5-6-21-10-14(19)15(20)18-11-3-4-11/h7-9,11,14,17H,2-6,10H2,1H3,(H,18,20). The molecule has 0 aromatic carbocycles. The summed E-state index contributed by atoms with van der Waals surface area (Å²) in [4.78, 5) is 18.7. The van der Waals surface area contributed by atoms with Crippen molar-refractivity contribution < 1.29 is 9.53 Å². The quantitative estimate of drug-likeness (QED) is 0.847. The number of aromatic nitrogens is 1. The molecule has 1 atom stereocenters. The molecule has 1 saturated heterocycles. The number of carbonyl (C=O) groups is 1. The van der Waals surface area contributed by atoms with Gasteiger partial charge in [-0.2, -0.15) is 0 Å². The van der Waals surface area contributed by atoms with E-state index in [1.807, 2.05) is 19.2 Å². The van der Waals surface area contributed by atoms with E-state index in [-0.39, 0.29) is 11.9 Å². The number of rotatable bonds is 5. The molecule has 2 N–H and O–H groups in total. The predicted molar refractivity (Wildman–Crippen MR) is 81.5 cm³/mol. The van der Waals surface area contributed by atoms with Crippen LogP contribution >= 0.6 is 0 Å². The zero-order valence-electron chi connectivity index (χ0n) is 12.3. The molecule has 2 aliphatic rings. The summed E-state index contributed by atoms with van der Waals surface area (Å²) in [5.41, 5.74) is 1.94. The van der Waals surface area contributed by atoms with Gasteiger partial charge in [0.15, 0.2) is 0 Å². The first-order chi connectivity index (χ1) is 10.3. The third kappa shape index (κ3) is 3.44. The van der Waals surface area contributed by atoms with E-state index in [0.717, 1.165) is 30.8 Å². The van der Waals surface area contributed by atoms with Crippen molar-refractivity contribution in [2.24, 2.45) is 0 Å². The van der Waals surface area contributed by atoms with Crippen LogP contribution in [-0.4, -0.2) is 49.3 Å². The Balaban J connectivity index is 1.76. The normalized spacial score (nSPS) is 22.0. The molecule has 1 aromatic rings. The van der Waals surface area contributed by atoms with Gasteiger partial charge in [-0.1, -0.05) is 0 Å². The SMILES string of the molecule is CCNc1cncc(N2CCOCC2C(=O)NC2CC2)c1. The number of carbonyl (C=O) groups excluding carboxylic acids is 1. The molecule has 6 nitrogen and oxygen atoms in total. The summed E-state index contributed by atoms with van der Waals surface area (Å²) in [7, 11) is 0. The maximum absolute atomic E-state index is 12.4. The molecule has 6 heteroatoms. The highest BCUT2D eigenvalue weighted by Gasteiger charge is 2.33. The molecule has 21 heavy (non-hydrogen) atoms. The number of pyridine rings is 1. The van der Waals surface area contributed by atoms with E-state index in [2.05, 4.69) is 20.5 Å². The van der Waals surface area contributed by atoms with Gasteiger partial charge in [-0.25, -0.2) is 0 Å². The third-order valence-corrected chi connectivity index (χ3v) is 3.79. The van der Waals surface area contributed by atoms with Crippen molar-refractivity contribution in [2.75, 3.05) is 36.5 Å². The van der Waals surface area contributed by atoms with Crippen LogP contribution in [0, 0.1) is 0 Å². The molecule has 0 radical (unpaired) electrons. The fraction of sp³-hybridized carbons (Fsp3) is 0.600. The molecule has 1 saturated carbocycles. The molecule has 2 heterocycles. The van der Waals surface area contributed by atoms with Gasteiger partial charge in [-0.15, -0.1) is 0 Å². The number of nitrogens with one attached hydrogen (secondary N) is 2. The van der Waals surface area contributed by atoms with Crippen molar-refractivity contribution >= 4 is 17.3 Å². The van der Waals surface area contributed by atoms with Crippen molar-refractivity contribution in [2.45, 2.75) is 31.8 Å². The topological polar surface area (TPSA) is 66.5 Å². The monoisotopic (exact) mass is 290 g/mol. The first-order valence-electron chi connectivity index (χ1n) is 7.61.